The number of carbonyl (C=O) groups is 3. The second-order valence-corrected chi connectivity index (χ2v) is 5.69. The molecular weight excluding hydrogens is 292 g/mol. The van der Waals surface area contributed by atoms with Gasteiger partial charge in [0.2, 0.25) is 11.8 Å². The minimum atomic E-state index is -1.13. The summed E-state index contributed by atoms with van der Waals surface area (Å²) in [6, 6.07) is 6.76. The lowest BCUT2D eigenvalue weighted by Gasteiger charge is -2.23. The summed E-state index contributed by atoms with van der Waals surface area (Å²) in [6.45, 7) is 1.40. The molecule has 1 aliphatic heterocycles. The second kappa shape index (κ2) is 6.62. The largest absolute Gasteiger partial charge is 0.479 e. The molecule has 6 nitrogen and oxygen atoms in total. The number of carboxylic acids is 1. The van der Waals surface area contributed by atoms with E-state index in [1.807, 2.05) is 0 Å². The van der Waals surface area contributed by atoms with E-state index in [4.69, 9.17) is 0 Å². The van der Waals surface area contributed by atoms with Crippen LogP contribution in [0.2, 0.25) is 0 Å². The van der Waals surface area contributed by atoms with Crippen LogP contribution in [0.3, 0.4) is 0 Å². The highest BCUT2D eigenvalue weighted by Crippen LogP contribution is 2.22. The molecule has 0 aliphatic carbocycles. The predicted molar refractivity (Wildman–Crippen MR) is 78.6 cm³/mol. The fraction of sp³-hybridized carbons (Fsp3) is 0.357. The normalized spacial score (nSPS) is 19.1. The number of thioether (sulfide) groups is 1. The quantitative estimate of drug-likeness (QED) is 0.861. The van der Waals surface area contributed by atoms with Crippen LogP contribution in [0.5, 0.6) is 0 Å². The number of amides is 2. The van der Waals surface area contributed by atoms with Crippen molar-refractivity contribution in [2.24, 2.45) is 0 Å². The van der Waals surface area contributed by atoms with Gasteiger partial charge in [-0.25, -0.2) is 4.79 Å². The second-order valence-electron chi connectivity index (χ2n) is 4.70. The minimum Gasteiger partial charge on any atom is -0.479 e. The van der Waals surface area contributed by atoms with E-state index in [0.29, 0.717) is 17.2 Å². The Kier molecular flexibility index (Phi) is 4.85. The van der Waals surface area contributed by atoms with E-state index in [1.54, 1.807) is 30.3 Å². The molecule has 2 N–H and O–H groups in total. The van der Waals surface area contributed by atoms with Crippen LogP contribution in [0.1, 0.15) is 18.5 Å². The minimum absolute atomic E-state index is 0.188. The molecule has 1 fully saturated rings. The van der Waals surface area contributed by atoms with E-state index in [-0.39, 0.29) is 5.91 Å². The smallest absolute Gasteiger partial charge is 0.330 e. The van der Waals surface area contributed by atoms with Gasteiger partial charge in [0.15, 0.2) is 6.04 Å². The van der Waals surface area contributed by atoms with Crippen LogP contribution in [0.4, 0.5) is 0 Å². The zero-order chi connectivity index (χ0) is 15.4. The predicted octanol–water partition coefficient (Wildman–Crippen LogP) is 0.850. The van der Waals surface area contributed by atoms with Crippen molar-refractivity contribution in [2.75, 3.05) is 11.6 Å². The van der Waals surface area contributed by atoms with Gasteiger partial charge in [-0.3, -0.25) is 9.59 Å². The van der Waals surface area contributed by atoms with E-state index in [2.05, 4.69) is 5.32 Å². The Hall–Kier alpha value is -2.02. The molecule has 0 saturated carbocycles. The molecule has 7 heteroatoms. The number of nitrogens with one attached hydrogen (secondary N) is 1. The van der Waals surface area contributed by atoms with Crippen LogP contribution in [0, 0.1) is 0 Å². The summed E-state index contributed by atoms with van der Waals surface area (Å²) in [5.41, 5.74) is 0.498. The Morgan fingerprint density at radius 3 is 2.57 bits per heavy atom. The molecule has 2 amide bonds. The van der Waals surface area contributed by atoms with Crippen LogP contribution in [0.25, 0.3) is 0 Å². The molecule has 0 radical (unpaired) electrons. The first-order valence-electron chi connectivity index (χ1n) is 6.43. The molecule has 1 aliphatic rings. The summed E-state index contributed by atoms with van der Waals surface area (Å²) < 4.78 is 0. The Morgan fingerprint density at radius 1 is 1.33 bits per heavy atom. The molecule has 21 heavy (non-hydrogen) atoms. The third kappa shape index (κ3) is 3.55. The number of carbonyl (C=O) groups excluding carboxylic acids is 2. The Labute approximate surface area is 126 Å². The summed E-state index contributed by atoms with van der Waals surface area (Å²) in [5.74, 6) is -0.823. The summed E-state index contributed by atoms with van der Waals surface area (Å²) in [6.07, 6.45) is 0. The van der Waals surface area contributed by atoms with Gasteiger partial charge in [0, 0.05) is 12.7 Å². The average molecular weight is 308 g/mol. The highest BCUT2D eigenvalue weighted by atomic mass is 32.2. The van der Waals surface area contributed by atoms with Crippen molar-refractivity contribution >= 4 is 29.5 Å². The zero-order valence-corrected chi connectivity index (χ0v) is 12.3. The molecule has 2 atom stereocenters. The van der Waals surface area contributed by atoms with Gasteiger partial charge in [-0.15, -0.1) is 11.8 Å². The van der Waals surface area contributed by atoms with Crippen molar-refractivity contribution in [3.05, 3.63) is 35.9 Å². The van der Waals surface area contributed by atoms with Gasteiger partial charge >= 0.3 is 5.97 Å². The van der Waals surface area contributed by atoms with Gasteiger partial charge in [-0.1, -0.05) is 30.3 Å². The number of rotatable bonds is 4. The Balaban J connectivity index is 2.12. The molecule has 1 heterocycles. The summed E-state index contributed by atoms with van der Waals surface area (Å²) in [4.78, 5) is 36.5. The van der Waals surface area contributed by atoms with Crippen molar-refractivity contribution in [3.8, 4) is 0 Å². The lowest BCUT2D eigenvalue weighted by molar-refractivity contribution is -0.143. The van der Waals surface area contributed by atoms with Crippen LogP contribution in [-0.4, -0.2) is 45.5 Å². The van der Waals surface area contributed by atoms with Crippen molar-refractivity contribution in [3.63, 3.8) is 0 Å². The number of nitrogens with zero attached hydrogens (tertiary/aromatic N) is 1. The number of benzene rings is 1. The molecule has 0 spiro atoms. The first-order chi connectivity index (χ1) is 10.0. The lowest BCUT2D eigenvalue weighted by Crippen LogP contribution is -2.48. The van der Waals surface area contributed by atoms with Crippen molar-refractivity contribution in [1.29, 1.82) is 0 Å². The van der Waals surface area contributed by atoms with Crippen LogP contribution in [0.15, 0.2) is 30.3 Å². The van der Waals surface area contributed by atoms with E-state index < -0.39 is 24.0 Å². The fourth-order valence-corrected chi connectivity index (χ4v) is 3.36. The average Bonchev–Trinajstić information content (AvgIpc) is 2.94. The fourth-order valence-electron chi connectivity index (χ4n) is 2.14. The van der Waals surface area contributed by atoms with E-state index >= 15 is 0 Å². The highest BCUT2D eigenvalue weighted by Gasteiger charge is 2.35. The molecule has 112 valence electrons. The molecule has 1 saturated heterocycles. The number of aliphatic carboxylic acids is 1. The van der Waals surface area contributed by atoms with Gasteiger partial charge in [0.1, 0.15) is 6.04 Å². The van der Waals surface area contributed by atoms with Gasteiger partial charge in [0.05, 0.1) is 5.88 Å². The third-order valence-electron chi connectivity index (χ3n) is 3.26. The van der Waals surface area contributed by atoms with Crippen molar-refractivity contribution in [1.82, 2.24) is 10.2 Å². The summed E-state index contributed by atoms with van der Waals surface area (Å²) in [5, 5.41) is 11.8. The monoisotopic (exact) mass is 308 g/mol. The van der Waals surface area contributed by atoms with Gasteiger partial charge in [-0.05, 0) is 5.56 Å². The summed E-state index contributed by atoms with van der Waals surface area (Å²) in [7, 11) is 0. The van der Waals surface area contributed by atoms with E-state index in [0.717, 1.165) is 0 Å². The van der Waals surface area contributed by atoms with Crippen LogP contribution < -0.4 is 5.32 Å². The Bertz CT molecular complexity index is 549. The standard InChI is InChI=1S/C14H16N2O4S/c1-9(17)16-8-21-7-11(16)13(18)15-12(14(19)20)10-5-3-2-4-6-10/h2-6,11-12H,7-8H2,1H3,(H,15,18)(H,19,20)/t11-,12-/m0/s1. The lowest BCUT2D eigenvalue weighted by atomic mass is 10.1. The van der Waals surface area contributed by atoms with Crippen LogP contribution in [-0.2, 0) is 14.4 Å². The zero-order valence-electron chi connectivity index (χ0n) is 11.5. The van der Waals surface area contributed by atoms with E-state index in [1.165, 1.54) is 23.6 Å². The number of hydrogen-bond donors (Lipinski definition) is 2. The molecule has 1 aromatic carbocycles. The van der Waals surface area contributed by atoms with Crippen molar-refractivity contribution < 1.29 is 19.5 Å². The van der Waals surface area contributed by atoms with Gasteiger partial charge in [-0.2, -0.15) is 0 Å². The SMILES string of the molecule is CC(=O)N1CSC[C@H]1C(=O)N[C@H](C(=O)O)c1ccccc1. The molecule has 0 aromatic heterocycles. The molecule has 1 aromatic rings. The van der Waals surface area contributed by atoms with Gasteiger partial charge < -0.3 is 15.3 Å². The molecular formula is C14H16N2O4S. The van der Waals surface area contributed by atoms with E-state index in [9.17, 15) is 19.5 Å². The molecule has 0 unspecified atom stereocenters. The third-order valence-corrected chi connectivity index (χ3v) is 4.27. The maximum absolute atomic E-state index is 12.3. The highest BCUT2D eigenvalue weighted by molar-refractivity contribution is 7.99. The summed E-state index contributed by atoms with van der Waals surface area (Å²) >= 11 is 1.48. The molecule has 0 bridgehead atoms. The Morgan fingerprint density at radius 2 is 2.00 bits per heavy atom. The topological polar surface area (TPSA) is 86.7 Å². The number of carboxylic acid groups (broad SMARTS) is 1. The first-order valence-corrected chi connectivity index (χ1v) is 7.59. The maximum Gasteiger partial charge on any atom is 0.330 e. The van der Waals surface area contributed by atoms with Crippen molar-refractivity contribution in [2.45, 2.75) is 19.0 Å². The van der Waals surface area contributed by atoms with Gasteiger partial charge in [0.25, 0.3) is 0 Å². The first kappa shape index (κ1) is 15.4. The molecule has 2 rings (SSSR count). The number of hydrogen-bond acceptors (Lipinski definition) is 4. The van der Waals surface area contributed by atoms with Crippen LogP contribution >= 0.6 is 11.8 Å². The maximum atomic E-state index is 12.3.